The van der Waals surface area contributed by atoms with Crippen molar-refractivity contribution < 1.29 is 5.11 Å². The zero-order chi connectivity index (χ0) is 10.2. The van der Waals surface area contributed by atoms with Crippen LogP contribution in [0.2, 0.25) is 0 Å². The Balaban J connectivity index is 2.00. The van der Waals surface area contributed by atoms with Crippen LogP contribution in [0.5, 0.6) is 0 Å². The second-order valence-corrected chi connectivity index (χ2v) is 4.93. The molecule has 0 bridgehead atoms. The van der Waals surface area contributed by atoms with Crippen molar-refractivity contribution in [2.75, 3.05) is 19.7 Å². The predicted octanol–water partition coefficient (Wildman–Crippen LogP) is 0.584. The largest absolute Gasteiger partial charge is 0.394 e. The van der Waals surface area contributed by atoms with Gasteiger partial charge in [0.15, 0.2) is 0 Å². The minimum Gasteiger partial charge on any atom is -0.394 e. The summed E-state index contributed by atoms with van der Waals surface area (Å²) >= 11 is 0. The van der Waals surface area contributed by atoms with E-state index in [1.165, 1.54) is 12.8 Å². The Morgan fingerprint density at radius 1 is 1.50 bits per heavy atom. The van der Waals surface area contributed by atoms with Crippen LogP contribution in [-0.4, -0.2) is 47.3 Å². The van der Waals surface area contributed by atoms with E-state index >= 15 is 0 Å². The van der Waals surface area contributed by atoms with Gasteiger partial charge >= 0.3 is 0 Å². The fourth-order valence-electron chi connectivity index (χ4n) is 2.82. The fraction of sp³-hybridized carbons (Fsp3) is 1.00. The van der Waals surface area contributed by atoms with Gasteiger partial charge in [-0.15, -0.1) is 0 Å². The Morgan fingerprint density at radius 3 is 2.71 bits per heavy atom. The van der Waals surface area contributed by atoms with Crippen LogP contribution in [-0.2, 0) is 0 Å². The molecule has 2 rings (SSSR count). The Hall–Kier alpha value is -0.120. The average molecular weight is 198 g/mol. The number of hydrogen-bond donors (Lipinski definition) is 2. The number of rotatable bonds is 4. The molecular weight excluding hydrogens is 176 g/mol. The molecule has 2 fully saturated rings. The topological polar surface area (TPSA) is 35.5 Å². The first-order valence-electron chi connectivity index (χ1n) is 5.82. The molecular formula is C11H22N2O. The summed E-state index contributed by atoms with van der Waals surface area (Å²) < 4.78 is 0. The number of likely N-dealkylation sites (tertiary alicyclic amines) is 1. The van der Waals surface area contributed by atoms with E-state index in [0.29, 0.717) is 6.04 Å². The third-order valence-corrected chi connectivity index (χ3v) is 3.61. The Morgan fingerprint density at radius 2 is 2.21 bits per heavy atom. The average Bonchev–Trinajstić information content (AvgIpc) is 2.94. The molecule has 2 unspecified atom stereocenters. The van der Waals surface area contributed by atoms with Crippen LogP contribution in [0.15, 0.2) is 0 Å². The molecule has 0 amide bonds. The van der Waals surface area contributed by atoms with Gasteiger partial charge in [0.05, 0.1) is 12.1 Å². The maximum atomic E-state index is 9.50. The monoisotopic (exact) mass is 198 g/mol. The highest BCUT2D eigenvalue weighted by Gasteiger charge is 2.46. The molecule has 82 valence electrons. The lowest BCUT2D eigenvalue weighted by atomic mass is 9.97. The first-order valence-corrected chi connectivity index (χ1v) is 5.82. The first-order chi connectivity index (χ1) is 6.71. The molecule has 1 aliphatic carbocycles. The predicted molar refractivity (Wildman–Crippen MR) is 57.3 cm³/mol. The number of aliphatic hydroxyl groups excluding tert-OH is 1. The van der Waals surface area contributed by atoms with E-state index in [1.807, 2.05) is 0 Å². The summed E-state index contributed by atoms with van der Waals surface area (Å²) in [7, 11) is 0. The summed E-state index contributed by atoms with van der Waals surface area (Å²) in [5.41, 5.74) is -0.0171. The van der Waals surface area contributed by atoms with Crippen molar-refractivity contribution in [1.82, 2.24) is 10.2 Å². The van der Waals surface area contributed by atoms with Crippen LogP contribution in [0.4, 0.5) is 0 Å². The van der Waals surface area contributed by atoms with Gasteiger partial charge in [0.2, 0.25) is 0 Å². The van der Waals surface area contributed by atoms with E-state index in [-0.39, 0.29) is 12.1 Å². The van der Waals surface area contributed by atoms with E-state index in [4.69, 9.17) is 0 Å². The third-order valence-electron chi connectivity index (χ3n) is 3.61. The van der Waals surface area contributed by atoms with Crippen molar-refractivity contribution >= 4 is 0 Å². The summed E-state index contributed by atoms with van der Waals surface area (Å²) in [5.74, 6) is 0. The standard InChI is InChI=1S/C11H22N2O/c1-3-12-11(8-14)6-9(2)13(7-11)10-4-5-10/h9-10,12,14H,3-8H2,1-2H3. The minimum absolute atomic E-state index is 0.0171. The minimum atomic E-state index is -0.0171. The maximum Gasteiger partial charge on any atom is 0.0626 e. The van der Waals surface area contributed by atoms with Gasteiger partial charge in [-0.25, -0.2) is 0 Å². The van der Waals surface area contributed by atoms with Crippen LogP contribution in [0.3, 0.4) is 0 Å². The molecule has 2 aliphatic rings. The lowest BCUT2D eigenvalue weighted by molar-refractivity contribution is 0.160. The highest BCUT2D eigenvalue weighted by atomic mass is 16.3. The van der Waals surface area contributed by atoms with Crippen molar-refractivity contribution in [2.45, 2.75) is 50.7 Å². The van der Waals surface area contributed by atoms with Crippen molar-refractivity contribution in [3.05, 3.63) is 0 Å². The zero-order valence-electron chi connectivity index (χ0n) is 9.29. The lowest BCUT2D eigenvalue weighted by Gasteiger charge is -2.28. The second-order valence-electron chi connectivity index (χ2n) is 4.93. The van der Waals surface area contributed by atoms with Crippen molar-refractivity contribution in [2.24, 2.45) is 0 Å². The molecule has 0 aromatic rings. The number of hydrogen-bond acceptors (Lipinski definition) is 3. The summed E-state index contributed by atoms with van der Waals surface area (Å²) in [5, 5.41) is 13.0. The van der Waals surface area contributed by atoms with Gasteiger partial charge in [-0.05, 0) is 32.7 Å². The molecule has 1 saturated heterocycles. The van der Waals surface area contributed by atoms with Crippen molar-refractivity contribution in [1.29, 1.82) is 0 Å². The fourth-order valence-corrected chi connectivity index (χ4v) is 2.82. The molecule has 14 heavy (non-hydrogen) atoms. The summed E-state index contributed by atoms with van der Waals surface area (Å²) in [4.78, 5) is 2.57. The van der Waals surface area contributed by atoms with E-state index < -0.39 is 0 Å². The molecule has 0 spiro atoms. The Labute approximate surface area is 86.5 Å². The van der Waals surface area contributed by atoms with Crippen molar-refractivity contribution in [3.8, 4) is 0 Å². The van der Waals surface area contributed by atoms with Crippen LogP contribution >= 0.6 is 0 Å². The Bertz CT molecular complexity index is 205. The quantitative estimate of drug-likeness (QED) is 0.694. The van der Waals surface area contributed by atoms with Gasteiger partial charge in [0.25, 0.3) is 0 Å². The highest BCUT2D eigenvalue weighted by molar-refractivity contribution is 5.04. The smallest absolute Gasteiger partial charge is 0.0626 e. The van der Waals surface area contributed by atoms with Gasteiger partial charge in [-0.3, -0.25) is 4.90 Å². The van der Waals surface area contributed by atoms with Gasteiger partial charge in [-0.1, -0.05) is 6.92 Å². The van der Waals surface area contributed by atoms with E-state index in [0.717, 1.165) is 25.6 Å². The lowest BCUT2D eigenvalue weighted by Crippen LogP contribution is -2.50. The molecule has 2 atom stereocenters. The number of likely N-dealkylation sites (N-methyl/N-ethyl adjacent to an activating group) is 1. The molecule has 2 N–H and O–H groups in total. The van der Waals surface area contributed by atoms with E-state index in [2.05, 4.69) is 24.1 Å². The summed E-state index contributed by atoms with van der Waals surface area (Å²) in [6, 6.07) is 1.45. The van der Waals surface area contributed by atoms with Gasteiger partial charge in [0, 0.05) is 18.6 Å². The van der Waals surface area contributed by atoms with E-state index in [1.54, 1.807) is 0 Å². The number of nitrogens with zero attached hydrogens (tertiary/aromatic N) is 1. The zero-order valence-corrected chi connectivity index (χ0v) is 9.29. The van der Waals surface area contributed by atoms with Crippen LogP contribution < -0.4 is 5.32 Å². The van der Waals surface area contributed by atoms with Crippen LogP contribution in [0.25, 0.3) is 0 Å². The molecule has 1 saturated carbocycles. The van der Waals surface area contributed by atoms with Gasteiger partial charge in [-0.2, -0.15) is 0 Å². The summed E-state index contributed by atoms with van der Waals surface area (Å²) in [6.45, 7) is 6.65. The van der Waals surface area contributed by atoms with E-state index in [9.17, 15) is 5.11 Å². The second kappa shape index (κ2) is 3.80. The third kappa shape index (κ3) is 1.81. The molecule has 1 heterocycles. The molecule has 0 aromatic carbocycles. The Kier molecular flexibility index (Phi) is 2.82. The SMILES string of the molecule is CCNC1(CO)CC(C)N(C2CC2)C1. The first kappa shape index (κ1) is 10.4. The number of aliphatic hydroxyl groups is 1. The molecule has 1 aliphatic heterocycles. The number of nitrogens with one attached hydrogen (secondary N) is 1. The highest BCUT2D eigenvalue weighted by Crippen LogP contribution is 2.36. The molecule has 0 aromatic heterocycles. The van der Waals surface area contributed by atoms with Gasteiger partial charge in [0.1, 0.15) is 0 Å². The maximum absolute atomic E-state index is 9.50. The molecule has 3 heteroatoms. The molecule has 3 nitrogen and oxygen atoms in total. The molecule has 0 radical (unpaired) electrons. The summed E-state index contributed by atoms with van der Waals surface area (Å²) in [6.07, 6.45) is 3.81. The van der Waals surface area contributed by atoms with Crippen LogP contribution in [0, 0.1) is 0 Å². The normalized spacial score (nSPS) is 39.2. The van der Waals surface area contributed by atoms with Crippen molar-refractivity contribution in [3.63, 3.8) is 0 Å². The van der Waals surface area contributed by atoms with Crippen LogP contribution in [0.1, 0.15) is 33.1 Å². The van der Waals surface area contributed by atoms with Gasteiger partial charge < -0.3 is 10.4 Å².